The van der Waals surface area contributed by atoms with Crippen LogP contribution in [-0.4, -0.2) is 90.3 Å². The van der Waals surface area contributed by atoms with Crippen LogP contribution in [0, 0.1) is 10.8 Å². The van der Waals surface area contributed by atoms with Crippen molar-refractivity contribution in [1.82, 2.24) is 26.3 Å². The fourth-order valence-corrected chi connectivity index (χ4v) is 5.72. The average Bonchev–Trinajstić information content (AvgIpc) is 3.12. The number of methoxy groups -OCH3 is 2. The number of hydrogen-bond acceptors (Lipinski definition) is 9. The Morgan fingerprint density at radius 2 is 1.27 bits per heavy atom. The summed E-state index contributed by atoms with van der Waals surface area (Å²) in [4.78, 5) is 56.5. The zero-order chi connectivity index (χ0) is 38.5. The maximum Gasteiger partial charge on any atom is 0.407 e. The van der Waals surface area contributed by atoms with Crippen LogP contribution in [0.4, 0.5) is 9.59 Å². The van der Waals surface area contributed by atoms with E-state index in [9.17, 15) is 29.4 Å². The second kappa shape index (κ2) is 19.0. The Balaban J connectivity index is 1.97. The second-order valence-corrected chi connectivity index (χ2v) is 14.6. The van der Waals surface area contributed by atoms with Crippen LogP contribution in [0.5, 0.6) is 0 Å². The molecule has 0 aliphatic rings. The van der Waals surface area contributed by atoms with Gasteiger partial charge in [-0.3, -0.25) is 14.6 Å². The summed E-state index contributed by atoms with van der Waals surface area (Å²) in [7, 11) is 2.39. The topological polar surface area (TPSA) is 188 Å². The lowest BCUT2D eigenvalue weighted by Crippen LogP contribution is -2.60. The fraction of sp³-hybridized carbons (Fsp3) is 0.462. The van der Waals surface area contributed by atoms with Gasteiger partial charge in [0, 0.05) is 23.2 Å². The number of aromatic nitrogens is 1. The SMILES string of the molecule is COC(=O)N[C@H](C(=O)N[C@@H](Cc1ccc(-c2ccccn2)cc1)CC(O)[C@H](Cc1ccccc1)NC(=O)[C@@H](NC(=O)OC)C(C)(C)CO)C(C)(C)C. The molecule has 0 bridgehead atoms. The Labute approximate surface area is 305 Å². The van der Waals surface area contributed by atoms with Crippen LogP contribution >= 0.6 is 0 Å². The third-order valence-electron chi connectivity index (χ3n) is 8.83. The lowest BCUT2D eigenvalue weighted by Gasteiger charge is -2.35. The number of benzene rings is 2. The maximum absolute atomic E-state index is 13.8. The third kappa shape index (κ3) is 12.3. The van der Waals surface area contributed by atoms with E-state index in [1.165, 1.54) is 14.2 Å². The smallest absolute Gasteiger partial charge is 0.407 e. The predicted molar refractivity (Wildman–Crippen MR) is 197 cm³/mol. The number of nitrogens with one attached hydrogen (secondary N) is 4. The molecule has 0 spiro atoms. The summed E-state index contributed by atoms with van der Waals surface area (Å²) >= 11 is 0. The minimum absolute atomic E-state index is 0.000903. The van der Waals surface area contributed by atoms with Crippen molar-refractivity contribution in [2.45, 2.75) is 84.2 Å². The molecule has 1 aromatic heterocycles. The summed E-state index contributed by atoms with van der Waals surface area (Å²) in [5, 5.41) is 33.0. The van der Waals surface area contributed by atoms with Crippen LogP contribution in [0.1, 0.15) is 52.2 Å². The van der Waals surface area contributed by atoms with E-state index >= 15 is 0 Å². The van der Waals surface area contributed by atoms with E-state index in [0.29, 0.717) is 6.42 Å². The van der Waals surface area contributed by atoms with Crippen molar-refractivity contribution in [2.24, 2.45) is 10.8 Å². The van der Waals surface area contributed by atoms with E-state index in [1.54, 1.807) is 20.0 Å². The Bertz CT molecular complexity index is 1600. The van der Waals surface area contributed by atoms with E-state index in [-0.39, 0.29) is 12.8 Å². The van der Waals surface area contributed by atoms with Crippen LogP contribution in [0.25, 0.3) is 11.3 Å². The van der Waals surface area contributed by atoms with Gasteiger partial charge >= 0.3 is 12.2 Å². The predicted octanol–water partition coefficient (Wildman–Crippen LogP) is 3.77. The zero-order valence-corrected chi connectivity index (χ0v) is 31.0. The van der Waals surface area contributed by atoms with E-state index in [2.05, 4.69) is 26.3 Å². The molecule has 0 saturated heterocycles. The summed E-state index contributed by atoms with van der Waals surface area (Å²) in [5.41, 5.74) is 1.61. The van der Waals surface area contributed by atoms with Gasteiger partial charge in [0.2, 0.25) is 11.8 Å². The molecule has 5 atom stereocenters. The van der Waals surface area contributed by atoms with Gasteiger partial charge in [0.05, 0.1) is 38.7 Å². The number of carbonyl (C=O) groups excluding carboxylic acids is 4. The molecule has 0 saturated carbocycles. The number of rotatable bonds is 16. The Kier molecular flexibility index (Phi) is 15.1. The number of hydrogen-bond donors (Lipinski definition) is 6. The normalized spacial score (nSPS) is 14.5. The lowest BCUT2D eigenvalue weighted by molar-refractivity contribution is -0.129. The third-order valence-corrected chi connectivity index (χ3v) is 8.83. The minimum atomic E-state index is -1.21. The zero-order valence-electron chi connectivity index (χ0n) is 31.0. The van der Waals surface area contributed by atoms with Crippen molar-refractivity contribution in [3.8, 4) is 11.3 Å². The average molecular weight is 720 g/mol. The number of aliphatic hydroxyl groups excluding tert-OH is 2. The van der Waals surface area contributed by atoms with Crippen LogP contribution in [0.15, 0.2) is 79.0 Å². The van der Waals surface area contributed by atoms with Gasteiger partial charge in [-0.05, 0) is 47.9 Å². The molecule has 282 valence electrons. The second-order valence-electron chi connectivity index (χ2n) is 14.6. The molecule has 13 heteroatoms. The molecule has 3 aromatic rings. The molecule has 0 aliphatic heterocycles. The molecule has 1 unspecified atom stereocenters. The minimum Gasteiger partial charge on any atom is -0.453 e. The summed E-state index contributed by atoms with van der Waals surface area (Å²) < 4.78 is 9.51. The van der Waals surface area contributed by atoms with E-state index in [4.69, 9.17) is 9.47 Å². The van der Waals surface area contributed by atoms with E-state index < -0.39 is 71.7 Å². The number of pyridine rings is 1. The van der Waals surface area contributed by atoms with Crippen molar-refractivity contribution in [2.75, 3.05) is 20.8 Å². The highest BCUT2D eigenvalue weighted by Crippen LogP contribution is 2.24. The molecule has 2 aromatic carbocycles. The molecule has 0 radical (unpaired) electrons. The lowest BCUT2D eigenvalue weighted by atomic mass is 9.84. The largest absolute Gasteiger partial charge is 0.453 e. The van der Waals surface area contributed by atoms with Crippen LogP contribution in [0.3, 0.4) is 0 Å². The van der Waals surface area contributed by atoms with Gasteiger partial charge < -0.3 is 41.0 Å². The van der Waals surface area contributed by atoms with Crippen molar-refractivity contribution in [3.05, 3.63) is 90.1 Å². The van der Waals surface area contributed by atoms with Gasteiger partial charge in [-0.15, -0.1) is 0 Å². The molecule has 0 fully saturated rings. The van der Waals surface area contributed by atoms with Gasteiger partial charge in [-0.1, -0.05) is 95.3 Å². The number of nitrogens with zero attached hydrogens (tertiary/aromatic N) is 1. The molecule has 52 heavy (non-hydrogen) atoms. The Morgan fingerprint density at radius 3 is 1.81 bits per heavy atom. The first-order valence-electron chi connectivity index (χ1n) is 17.2. The number of aliphatic hydroxyl groups is 2. The standard InChI is InChI=1S/C39H53N5O8/c1-38(2,3)32(43-36(49)51-6)34(47)41-28(21-26-16-18-27(19-17-26)29-15-11-12-20-40-29)23-31(46)30(22-25-13-9-8-10-14-25)42-35(48)33(39(4,5)24-45)44-37(50)52-7/h8-20,28,30-33,45-46H,21-24H2,1-7H3,(H,41,47)(H,42,48)(H,43,49)(H,44,50)/t28-,30-,31?,32+,33+/m0/s1. The highest BCUT2D eigenvalue weighted by atomic mass is 16.5. The van der Waals surface area contributed by atoms with Gasteiger partial charge in [0.25, 0.3) is 0 Å². The monoisotopic (exact) mass is 719 g/mol. The van der Waals surface area contributed by atoms with Gasteiger partial charge in [-0.25, -0.2) is 9.59 Å². The molecule has 6 N–H and O–H groups in total. The Morgan fingerprint density at radius 1 is 0.712 bits per heavy atom. The first-order chi connectivity index (χ1) is 24.6. The maximum atomic E-state index is 13.8. The number of alkyl carbamates (subject to hydrolysis) is 2. The molecule has 0 aliphatic carbocycles. The van der Waals surface area contributed by atoms with Gasteiger partial charge in [-0.2, -0.15) is 0 Å². The van der Waals surface area contributed by atoms with E-state index in [0.717, 1.165) is 22.4 Å². The molecular weight excluding hydrogens is 666 g/mol. The molecule has 13 nitrogen and oxygen atoms in total. The first-order valence-corrected chi connectivity index (χ1v) is 17.2. The number of ether oxygens (including phenoxy) is 2. The molecule has 1 heterocycles. The van der Waals surface area contributed by atoms with E-state index in [1.807, 2.05) is 93.6 Å². The van der Waals surface area contributed by atoms with Crippen LogP contribution in [-0.2, 0) is 31.9 Å². The van der Waals surface area contributed by atoms with Crippen molar-refractivity contribution in [1.29, 1.82) is 0 Å². The van der Waals surface area contributed by atoms with Crippen molar-refractivity contribution >= 4 is 24.0 Å². The number of carbonyl (C=O) groups is 4. The molecule has 4 amide bonds. The van der Waals surface area contributed by atoms with Crippen molar-refractivity contribution in [3.63, 3.8) is 0 Å². The highest BCUT2D eigenvalue weighted by Gasteiger charge is 2.39. The van der Waals surface area contributed by atoms with Crippen LogP contribution in [0.2, 0.25) is 0 Å². The molecule has 3 rings (SSSR count). The quantitative estimate of drug-likeness (QED) is 0.128. The highest BCUT2D eigenvalue weighted by molar-refractivity contribution is 5.87. The van der Waals surface area contributed by atoms with Gasteiger partial charge in [0.15, 0.2) is 0 Å². The molecular formula is C39H53N5O8. The first kappa shape index (κ1) is 41.4. The van der Waals surface area contributed by atoms with Crippen molar-refractivity contribution < 1.29 is 38.9 Å². The summed E-state index contributed by atoms with van der Waals surface area (Å²) in [6.07, 6.45) is -0.592. The summed E-state index contributed by atoms with van der Waals surface area (Å²) in [5.74, 6) is -1.11. The number of amides is 4. The summed E-state index contributed by atoms with van der Waals surface area (Å²) in [6, 6.07) is 18.9. The fourth-order valence-electron chi connectivity index (χ4n) is 5.72. The van der Waals surface area contributed by atoms with Crippen LogP contribution < -0.4 is 21.3 Å². The van der Waals surface area contributed by atoms with Gasteiger partial charge in [0.1, 0.15) is 12.1 Å². The summed E-state index contributed by atoms with van der Waals surface area (Å²) in [6.45, 7) is 8.24. The Hall–Kier alpha value is -5.01.